The highest BCUT2D eigenvalue weighted by atomic mass is 79.9. The molecule has 0 aromatic carbocycles. The first-order valence-electron chi connectivity index (χ1n) is 4.75. The number of aliphatic hydroxyl groups is 1. The zero-order chi connectivity index (χ0) is 11.7. The molecule has 0 radical (unpaired) electrons. The molecule has 0 spiro atoms. The van der Waals surface area contributed by atoms with E-state index in [1.807, 2.05) is 13.0 Å². The van der Waals surface area contributed by atoms with Gasteiger partial charge in [-0.15, -0.1) is 5.10 Å². The second-order valence-corrected chi connectivity index (χ2v) is 4.28. The molecule has 0 saturated carbocycles. The predicted octanol–water partition coefficient (Wildman–Crippen LogP) is 1.36. The Balaban J connectivity index is 2.47. The first kappa shape index (κ1) is 11.2. The van der Waals surface area contributed by atoms with Crippen molar-refractivity contribution < 1.29 is 5.11 Å². The predicted molar refractivity (Wildman–Crippen MR) is 61.7 cm³/mol. The van der Waals surface area contributed by atoms with Crippen molar-refractivity contribution in [3.05, 3.63) is 39.9 Å². The number of pyridine rings is 1. The standard InChI is InChI=1S/C10H11BrN4O/c1-6-3-4-12-5-7(6)9(16)8-10(11)13-14-15(8)2/h3-5,9,16H,1-2H3. The van der Waals surface area contributed by atoms with Crippen LogP contribution in [0.2, 0.25) is 0 Å². The van der Waals surface area contributed by atoms with Gasteiger partial charge in [0.05, 0.1) is 0 Å². The second kappa shape index (κ2) is 4.31. The highest BCUT2D eigenvalue weighted by Crippen LogP contribution is 2.27. The average Bonchev–Trinajstić information content (AvgIpc) is 2.58. The van der Waals surface area contributed by atoms with Crippen LogP contribution in [0.1, 0.15) is 22.9 Å². The molecule has 0 aliphatic carbocycles. The molecule has 2 aromatic rings. The third-order valence-corrected chi connectivity index (χ3v) is 3.02. The molecule has 2 heterocycles. The number of rotatable bonds is 2. The summed E-state index contributed by atoms with van der Waals surface area (Å²) in [5.41, 5.74) is 2.36. The molecule has 0 bridgehead atoms. The molecule has 2 rings (SSSR count). The Hall–Kier alpha value is -1.27. The van der Waals surface area contributed by atoms with Crippen LogP contribution in [-0.2, 0) is 7.05 Å². The molecule has 1 unspecified atom stereocenters. The molecular formula is C10H11BrN4O. The van der Waals surface area contributed by atoms with Crippen molar-refractivity contribution >= 4 is 15.9 Å². The van der Waals surface area contributed by atoms with Gasteiger partial charge in [0, 0.05) is 25.0 Å². The van der Waals surface area contributed by atoms with Gasteiger partial charge in [0.15, 0.2) is 4.60 Å². The van der Waals surface area contributed by atoms with Crippen molar-refractivity contribution in [1.29, 1.82) is 0 Å². The van der Waals surface area contributed by atoms with Gasteiger partial charge >= 0.3 is 0 Å². The lowest BCUT2D eigenvalue weighted by atomic mass is 10.0. The van der Waals surface area contributed by atoms with Crippen molar-refractivity contribution in [2.24, 2.45) is 7.05 Å². The number of halogens is 1. The van der Waals surface area contributed by atoms with Crippen LogP contribution in [0.25, 0.3) is 0 Å². The first-order chi connectivity index (χ1) is 7.61. The fourth-order valence-electron chi connectivity index (χ4n) is 1.54. The first-order valence-corrected chi connectivity index (χ1v) is 5.54. The van der Waals surface area contributed by atoms with Crippen LogP contribution >= 0.6 is 15.9 Å². The van der Waals surface area contributed by atoms with Gasteiger partial charge in [-0.05, 0) is 34.5 Å². The summed E-state index contributed by atoms with van der Waals surface area (Å²) in [5, 5.41) is 17.9. The van der Waals surface area contributed by atoms with E-state index in [1.54, 1.807) is 24.1 Å². The van der Waals surface area contributed by atoms with Crippen LogP contribution in [0.15, 0.2) is 23.1 Å². The molecule has 0 fully saturated rings. The third-order valence-electron chi connectivity index (χ3n) is 2.46. The summed E-state index contributed by atoms with van der Waals surface area (Å²) < 4.78 is 2.09. The zero-order valence-corrected chi connectivity index (χ0v) is 10.5. The smallest absolute Gasteiger partial charge is 0.154 e. The molecule has 1 N–H and O–H groups in total. The van der Waals surface area contributed by atoms with Crippen molar-refractivity contribution in [3.8, 4) is 0 Å². The summed E-state index contributed by atoms with van der Waals surface area (Å²) in [6.07, 6.45) is 2.57. The van der Waals surface area contributed by atoms with E-state index in [0.29, 0.717) is 10.3 Å². The van der Waals surface area contributed by atoms with Crippen LogP contribution in [0.3, 0.4) is 0 Å². The van der Waals surface area contributed by atoms with Gasteiger partial charge in [0.2, 0.25) is 0 Å². The summed E-state index contributed by atoms with van der Waals surface area (Å²) >= 11 is 3.26. The van der Waals surface area contributed by atoms with Crippen LogP contribution in [0.5, 0.6) is 0 Å². The molecule has 2 aromatic heterocycles. The zero-order valence-electron chi connectivity index (χ0n) is 8.92. The van der Waals surface area contributed by atoms with E-state index >= 15 is 0 Å². The van der Waals surface area contributed by atoms with E-state index in [4.69, 9.17) is 0 Å². The molecule has 5 nitrogen and oxygen atoms in total. The minimum absolute atomic E-state index is 0.547. The Morgan fingerprint density at radius 1 is 1.50 bits per heavy atom. The number of aromatic nitrogens is 4. The minimum Gasteiger partial charge on any atom is -0.382 e. The molecule has 0 amide bonds. The Morgan fingerprint density at radius 3 is 2.81 bits per heavy atom. The van der Waals surface area contributed by atoms with Gasteiger partial charge < -0.3 is 5.11 Å². The number of nitrogens with zero attached hydrogens (tertiary/aromatic N) is 4. The lowest BCUT2D eigenvalue weighted by Crippen LogP contribution is -2.08. The fourth-order valence-corrected chi connectivity index (χ4v) is 2.08. The Bertz CT molecular complexity index is 492. The fraction of sp³-hybridized carbons (Fsp3) is 0.300. The summed E-state index contributed by atoms with van der Waals surface area (Å²) in [4.78, 5) is 4.01. The summed E-state index contributed by atoms with van der Waals surface area (Å²) in [5.74, 6) is 0. The summed E-state index contributed by atoms with van der Waals surface area (Å²) in [6.45, 7) is 1.93. The highest BCUT2D eigenvalue weighted by molar-refractivity contribution is 9.10. The van der Waals surface area contributed by atoms with Gasteiger partial charge in [0.25, 0.3) is 0 Å². The van der Waals surface area contributed by atoms with E-state index in [1.165, 1.54) is 0 Å². The Morgan fingerprint density at radius 2 is 2.25 bits per heavy atom. The van der Waals surface area contributed by atoms with E-state index in [9.17, 15) is 5.11 Å². The molecule has 0 aliphatic rings. The van der Waals surface area contributed by atoms with E-state index in [-0.39, 0.29) is 0 Å². The van der Waals surface area contributed by atoms with Crippen molar-refractivity contribution in [2.75, 3.05) is 0 Å². The highest BCUT2D eigenvalue weighted by Gasteiger charge is 2.20. The maximum absolute atomic E-state index is 10.3. The van der Waals surface area contributed by atoms with Gasteiger partial charge in [-0.1, -0.05) is 5.21 Å². The molecular weight excluding hydrogens is 272 g/mol. The summed E-state index contributed by atoms with van der Waals surface area (Å²) in [7, 11) is 1.74. The van der Waals surface area contributed by atoms with Crippen molar-refractivity contribution in [3.63, 3.8) is 0 Å². The number of hydrogen-bond acceptors (Lipinski definition) is 4. The van der Waals surface area contributed by atoms with Gasteiger partial charge in [-0.25, -0.2) is 4.68 Å². The molecule has 16 heavy (non-hydrogen) atoms. The summed E-state index contributed by atoms with van der Waals surface area (Å²) in [6, 6.07) is 1.86. The molecule has 0 aliphatic heterocycles. The van der Waals surface area contributed by atoms with Crippen molar-refractivity contribution in [1.82, 2.24) is 20.0 Å². The van der Waals surface area contributed by atoms with Gasteiger partial charge in [-0.2, -0.15) is 0 Å². The van der Waals surface area contributed by atoms with E-state index in [2.05, 4.69) is 31.2 Å². The molecule has 1 atom stereocenters. The Labute approximate surface area is 101 Å². The second-order valence-electron chi connectivity index (χ2n) is 3.52. The maximum Gasteiger partial charge on any atom is 0.154 e. The van der Waals surface area contributed by atoms with Crippen LogP contribution in [-0.4, -0.2) is 25.1 Å². The lowest BCUT2D eigenvalue weighted by molar-refractivity contribution is 0.208. The number of aryl methyl sites for hydroxylation is 2. The van der Waals surface area contributed by atoms with Gasteiger partial charge in [0.1, 0.15) is 11.8 Å². The van der Waals surface area contributed by atoms with Crippen LogP contribution in [0, 0.1) is 6.92 Å². The van der Waals surface area contributed by atoms with E-state index < -0.39 is 6.10 Å². The number of hydrogen-bond donors (Lipinski definition) is 1. The topological polar surface area (TPSA) is 63.8 Å². The molecule has 0 saturated heterocycles. The third kappa shape index (κ3) is 1.85. The van der Waals surface area contributed by atoms with Crippen LogP contribution < -0.4 is 0 Å². The lowest BCUT2D eigenvalue weighted by Gasteiger charge is -2.13. The maximum atomic E-state index is 10.3. The normalized spacial score (nSPS) is 12.8. The van der Waals surface area contributed by atoms with E-state index in [0.717, 1.165) is 11.1 Å². The molecule has 6 heteroatoms. The van der Waals surface area contributed by atoms with Gasteiger partial charge in [-0.3, -0.25) is 4.98 Å². The average molecular weight is 283 g/mol. The SMILES string of the molecule is Cc1ccncc1C(O)c1c(Br)nnn1C. The Kier molecular flexibility index (Phi) is 3.02. The van der Waals surface area contributed by atoms with Crippen molar-refractivity contribution in [2.45, 2.75) is 13.0 Å². The molecule has 84 valence electrons. The largest absolute Gasteiger partial charge is 0.382 e. The van der Waals surface area contributed by atoms with Crippen LogP contribution in [0.4, 0.5) is 0 Å². The number of aliphatic hydroxyl groups excluding tert-OH is 1. The quantitative estimate of drug-likeness (QED) is 0.904. The minimum atomic E-state index is -0.775. The monoisotopic (exact) mass is 282 g/mol.